The Hall–Kier alpha value is -0.340. The van der Waals surface area contributed by atoms with Crippen LogP contribution in [0.1, 0.15) is 26.7 Å². The van der Waals surface area contributed by atoms with Crippen LogP contribution in [0.4, 0.5) is 0 Å². The summed E-state index contributed by atoms with van der Waals surface area (Å²) in [5.41, 5.74) is 0. The van der Waals surface area contributed by atoms with Crippen LogP contribution in [0.2, 0.25) is 0 Å². The van der Waals surface area contributed by atoms with Gasteiger partial charge in [0.15, 0.2) is 0 Å². The second-order valence-corrected chi connectivity index (χ2v) is 4.47. The molecule has 14 heavy (non-hydrogen) atoms. The lowest BCUT2D eigenvalue weighted by Crippen LogP contribution is -2.39. The number of hydrogen-bond acceptors (Lipinski definition) is 2. The lowest BCUT2D eigenvalue weighted by atomic mass is 10.1. The number of nitrogens with one attached hydrogen (secondary N) is 1. The lowest BCUT2D eigenvalue weighted by molar-refractivity contribution is 0.302. The molecular weight excluding hydrogens is 172 g/mol. The number of likely N-dealkylation sites (N-methyl/N-ethyl adjacent to an activating group) is 1. The van der Waals surface area contributed by atoms with E-state index in [9.17, 15) is 0 Å². The van der Waals surface area contributed by atoms with E-state index >= 15 is 0 Å². The minimum Gasteiger partial charge on any atom is -0.313 e. The van der Waals surface area contributed by atoms with Crippen molar-refractivity contribution in [2.24, 2.45) is 5.92 Å². The molecule has 0 aromatic heterocycles. The van der Waals surface area contributed by atoms with E-state index in [-0.39, 0.29) is 0 Å². The zero-order valence-electron chi connectivity index (χ0n) is 9.79. The third-order valence-electron chi connectivity index (χ3n) is 2.99. The van der Waals surface area contributed by atoms with Gasteiger partial charge in [0.1, 0.15) is 0 Å². The third-order valence-corrected chi connectivity index (χ3v) is 2.99. The highest BCUT2D eigenvalue weighted by Crippen LogP contribution is 2.16. The van der Waals surface area contributed by atoms with Gasteiger partial charge in [-0.15, -0.1) is 0 Å². The lowest BCUT2D eigenvalue weighted by Gasteiger charge is -2.22. The average molecular weight is 196 g/mol. The Kier molecular flexibility index (Phi) is 5.20. The highest BCUT2D eigenvalue weighted by Gasteiger charge is 2.11. The van der Waals surface area contributed by atoms with Crippen molar-refractivity contribution >= 4 is 0 Å². The number of rotatable bonds is 6. The molecule has 0 aromatic rings. The van der Waals surface area contributed by atoms with Gasteiger partial charge in [-0.1, -0.05) is 19.1 Å². The molecule has 0 spiro atoms. The first-order valence-corrected chi connectivity index (χ1v) is 5.79. The van der Waals surface area contributed by atoms with Crippen molar-refractivity contribution < 1.29 is 0 Å². The smallest absolute Gasteiger partial charge is 0.0166 e. The summed E-state index contributed by atoms with van der Waals surface area (Å²) >= 11 is 0. The molecule has 0 amide bonds. The van der Waals surface area contributed by atoms with Crippen LogP contribution in [0, 0.1) is 5.92 Å². The van der Waals surface area contributed by atoms with Gasteiger partial charge in [0.05, 0.1) is 0 Å². The van der Waals surface area contributed by atoms with Crippen LogP contribution in [0.15, 0.2) is 12.2 Å². The van der Waals surface area contributed by atoms with Crippen LogP contribution >= 0.6 is 0 Å². The van der Waals surface area contributed by atoms with Crippen LogP contribution in [0.3, 0.4) is 0 Å². The molecule has 1 unspecified atom stereocenters. The van der Waals surface area contributed by atoms with Crippen molar-refractivity contribution in [1.29, 1.82) is 0 Å². The Bertz CT molecular complexity index is 169. The van der Waals surface area contributed by atoms with Gasteiger partial charge in [-0.2, -0.15) is 0 Å². The maximum Gasteiger partial charge on any atom is 0.0166 e. The maximum atomic E-state index is 3.61. The van der Waals surface area contributed by atoms with Gasteiger partial charge >= 0.3 is 0 Å². The molecule has 0 aliphatic heterocycles. The van der Waals surface area contributed by atoms with Crippen LogP contribution in [0.25, 0.3) is 0 Å². The SMILES string of the molecule is CCN(C)CC(C)NCC1CC=CC1. The minimum absolute atomic E-state index is 0.612. The van der Waals surface area contributed by atoms with Crippen molar-refractivity contribution in [3.63, 3.8) is 0 Å². The zero-order chi connectivity index (χ0) is 10.4. The summed E-state index contributed by atoms with van der Waals surface area (Å²) in [6.07, 6.45) is 7.14. The van der Waals surface area contributed by atoms with Crippen molar-refractivity contribution in [2.45, 2.75) is 32.7 Å². The van der Waals surface area contributed by atoms with E-state index in [4.69, 9.17) is 0 Å². The highest BCUT2D eigenvalue weighted by molar-refractivity contribution is 4.94. The van der Waals surface area contributed by atoms with Gasteiger partial charge in [-0.25, -0.2) is 0 Å². The minimum atomic E-state index is 0.612. The number of hydrogen-bond donors (Lipinski definition) is 1. The molecule has 2 nitrogen and oxygen atoms in total. The summed E-state index contributed by atoms with van der Waals surface area (Å²) in [4.78, 5) is 2.35. The average Bonchev–Trinajstić information content (AvgIpc) is 2.67. The quantitative estimate of drug-likeness (QED) is 0.653. The Morgan fingerprint density at radius 3 is 2.64 bits per heavy atom. The third kappa shape index (κ3) is 4.25. The molecule has 0 aromatic carbocycles. The van der Waals surface area contributed by atoms with Gasteiger partial charge in [0.2, 0.25) is 0 Å². The summed E-state index contributed by atoms with van der Waals surface area (Å²) in [6.45, 7) is 7.93. The van der Waals surface area contributed by atoms with Gasteiger partial charge in [0, 0.05) is 12.6 Å². The molecule has 0 saturated carbocycles. The number of allylic oxidation sites excluding steroid dienone is 2. The molecule has 82 valence electrons. The fourth-order valence-corrected chi connectivity index (χ4v) is 1.87. The molecule has 0 bridgehead atoms. The molecule has 1 rings (SSSR count). The van der Waals surface area contributed by atoms with Gasteiger partial charge < -0.3 is 10.2 Å². The fourth-order valence-electron chi connectivity index (χ4n) is 1.87. The summed E-state index contributed by atoms with van der Waals surface area (Å²) in [6, 6.07) is 0.612. The van der Waals surface area contributed by atoms with Crippen LogP contribution < -0.4 is 5.32 Å². The molecule has 0 radical (unpaired) electrons. The normalized spacial score (nSPS) is 19.4. The first-order valence-electron chi connectivity index (χ1n) is 5.79. The summed E-state index contributed by atoms with van der Waals surface area (Å²) in [7, 11) is 2.18. The molecule has 1 atom stereocenters. The molecular formula is C12H24N2. The van der Waals surface area contributed by atoms with Crippen molar-refractivity contribution in [3.05, 3.63) is 12.2 Å². The predicted octanol–water partition coefficient (Wildman–Crippen LogP) is 1.88. The van der Waals surface area contributed by atoms with Crippen molar-refractivity contribution in [2.75, 3.05) is 26.7 Å². The fraction of sp³-hybridized carbons (Fsp3) is 0.833. The van der Waals surface area contributed by atoms with E-state index in [1.54, 1.807) is 0 Å². The molecule has 1 N–H and O–H groups in total. The molecule has 2 heteroatoms. The van der Waals surface area contributed by atoms with Crippen molar-refractivity contribution in [1.82, 2.24) is 10.2 Å². The zero-order valence-corrected chi connectivity index (χ0v) is 9.79. The topological polar surface area (TPSA) is 15.3 Å². The summed E-state index contributed by atoms with van der Waals surface area (Å²) in [5, 5.41) is 3.61. The van der Waals surface area contributed by atoms with Crippen LogP contribution in [-0.4, -0.2) is 37.6 Å². The Morgan fingerprint density at radius 1 is 1.43 bits per heavy atom. The Morgan fingerprint density at radius 2 is 2.07 bits per heavy atom. The summed E-state index contributed by atoms with van der Waals surface area (Å²) < 4.78 is 0. The molecule has 0 heterocycles. The maximum absolute atomic E-state index is 3.61. The second kappa shape index (κ2) is 6.20. The largest absolute Gasteiger partial charge is 0.313 e. The van der Waals surface area contributed by atoms with Crippen molar-refractivity contribution in [3.8, 4) is 0 Å². The van der Waals surface area contributed by atoms with E-state index in [0.717, 1.165) is 19.0 Å². The van der Waals surface area contributed by atoms with E-state index in [2.05, 4.69) is 43.3 Å². The summed E-state index contributed by atoms with van der Waals surface area (Å²) in [5.74, 6) is 0.851. The first kappa shape index (κ1) is 11.7. The van der Waals surface area contributed by atoms with Crippen LogP contribution in [-0.2, 0) is 0 Å². The van der Waals surface area contributed by atoms with Gasteiger partial charge in [-0.05, 0) is 45.8 Å². The second-order valence-electron chi connectivity index (χ2n) is 4.47. The van der Waals surface area contributed by atoms with Gasteiger partial charge in [0.25, 0.3) is 0 Å². The van der Waals surface area contributed by atoms with E-state index in [1.165, 1.54) is 19.4 Å². The molecule has 1 aliphatic carbocycles. The molecule has 0 fully saturated rings. The standard InChI is InChI=1S/C12H24N2/c1-4-14(3)10-11(2)13-9-12-7-5-6-8-12/h5-6,11-13H,4,7-10H2,1-3H3. The van der Waals surface area contributed by atoms with Gasteiger partial charge in [-0.3, -0.25) is 0 Å². The Labute approximate surface area is 88.4 Å². The molecule has 1 aliphatic rings. The molecule has 0 saturated heterocycles. The van der Waals surface area contributed by atoms with E-state index in [1.807, 2.05) is 0 Å². The monoisotopic (exact) mass is 196 g/mol. The van der Waals surface area contributed by atoms with E-state index in [0.29, 0.717) is 6.04 Å². The predicted molar refractivity (Wildman–Crippen MR) is 62.5 cm³/mol. The Balaban J connectivity index is 2.05. The highest BCUT2D eigenvalue weighted by atomic mass is 15.1. The van der Waals surface area contributed by atoms with Crippen LogP contribution in [0.5, 0.6) is 0 Å². The number of nitrogens with zero attached hydrogens (tertiary/aromatic N) is 1. The van der Waals surface area contributed by atoms with E-state index < -0.39 is 0 Å². The first-order chi connectivity index (χ1) is 6.72.